The predicted octanol–water partition coefficient (Wildman–Crippen LogP) is 1.63. The van der Waals surface area contributed by atoms with E-state index in [1.807, 2.05) is 0 Å². The van der Waals surface area contributed by atoms with E-state index in [-0.39, 0.29) is 0 Å². The molecule has 15 heavy (non-hydrogen) atoms. The largest absolute Gasteiger partial charge is 0.396 e. The normalized spacial score (nSPS) is 49.6. The van der Waals surface area contributed by atoms with Crippen LogP contribution in [-0.4, -0.2) is 18.3 Å². The molecule has 0 spiro atoms. The first kappa shape index (κ1) is 10.1. The van der Waals surface area contributed by atoms with Gasteiger partial charge < -0.3 is 10.8 Å². The van der Waals surface area contributed by atoms with Crippen LogP contribution >= 0.6 is 0 Å². The number of hydrogen-bond donors (Lipinski definition) is 2. The molecule has 0 radical (unpaired) electrons. The Balaban J connectivity index is 1.79. The maximum Gasteiger partial charge on any atom is 0.0474 e. The van der Waals surface area contributed by atoms with Crippen LogP contribution in [0.1, 0.15) is 32.1 Å². The number of nitrogens with two attached hydrogens (primary N) is 1. The Morgan fingerprint density at radius 2 is 1.53 bits per heavy atom. The average Bonchev–Trinajstić information content (AvgIpc) is 2.22. The van der Waals surface area contributed by atoms with E-state index in [0.717, 1.165) is 29.6 Å². The molecule has 0 heterocycles. The van der Waals surface area contributed by atoms with Crippen LogP contribution in [0.2, 0.25) is 0 Å². The second-order valence-corrected chi connectivity index (χ2v) is 6.19. The second-order valence-electron chi connectivity index (χ2n) is 6.19. The third-order valence-corrected chi connectivity index (χ3v) is 5.38. The fourth-order valence-corrected chi connectivity index (χ4v) is 5.09. The highest BCUT2D eigenvalue weighted by atomic mass is 16.3. The maximum absolute atomic E-state index is 9.43. The Morgan fingerprint density at radius 1 is 1.00 bits per heavy atom. The van der Waals surface area contributed by atoms with Crippen LogP contribution in [0, 0.1) is 35.5 Å². The van der Waals surface area contributed by atoms with Crippen LogP contribution in [0.15, 0.2) is 0 Å². The first-order chi connectivity index (χ1) is 7.31. The van der Waals surface area contributed by atoms with Crippen molar-refractivity contribution in [2.75, 3.05) is 13.2 Å². The number of hydrogen-bond acceptors (Lipinski definition) is 2. The molecule has 1 atom stereocenters. The molecule has 4 bridgehead atoms. The summed E-state index contributed by atoms with van der Waals surface area (Å²) in [5, 5.41) is 9.43. The molecular formula is C13H23NO. The van der Waals surface area contributed by atoms with E-state index in [1.54, 1.807) is 0 Å². The highest BCUT2D eigenvalue weighted by molar-refractivity contribution is 4.99. The predicted molar refractivity (Wildman–Crippen MR) is 60.2 cm³/mol. The van der Waals surface area contributed by atoms with E-state index in [2.05, 4.69) is 0 Å². The summed E-state index contributed by atoms with van der Waals surface area (Å²) in [6.45, 7) is 0.993. The smallest absolute Gasteiger partial charge is 0.0474 e. The topological polar surface area (TPSA) is 46.2 Å². The summed E-state index contributed by atoms with van der Waals surface area (Å²) in [7, 11) is 0. The van der Waals surface area contributed by atoms with E-state index in [9.17, 15) is 5.11 Å². The summed E-state index contributed by atoms with van der Waals surface area (Å²) < 4.78 is 0. The number of rotatable bonds is 3. The zero-order chi connectivity index (χ0) is 10.4. The van der Waals surface area contributed by atoms with Crippen molar-refractivity contribution < 1.29 is 5.11 Å². The van der Waals surface area contributed by atoms with Gasteiger partial charge in [0.15, 0.2) is 0 Å². The van der Waals surface area contributed by atoms with Gasteiger partial charge in [-0.2, -0.15) is 0 Å². The summed E-state index contributed by atoms with van der Waals surface area (Å²) >= 11 is 0. The lowest BCUT2D eigenvalue weighted by Gasteiger charge is -2.56. The molecule has 2 nitrogen and oxygen atoms in total. The second kappa shape index (κ2) is 3.74. The molecule has 86 valence electrons. The minimum atomic E-state index is 0.309. The van der Waals surface area contributed by atoms with Gasteiger partial charge in [0.05, 0.1) is 0 Å². The zero-order valence-electron chi connectivity index (χ0n) is 9.44. The summed E-state index contributed by atoms with van der Waals surface area (Å²) in [5.74, 6) is 5.01. The van der Waals surface area contributed by atoms with Gasteiger partial charge in [-0.1, -0.05) is 0 Å². The first-order valence-corrected chi connectivity index (χ1v) is 6.62. The van der Waals surface area contributed by atoms with Crippen LogP contribution in [0.4, 0.5) is 0 Å². The van der Waals surface area contributed by atoms with Gasteiger partial charge in [-0.15, -0.1) is 0 Å². The standard InChI is InChI=1S/C13H23NO/c14-6-12(7-15)13-10-2-8-1-9(4-10)5-11(13)3-8/h8-13,15H,1-7,14H2. The van der Waals surface area contributed by atoms with Crippen LogP contribution in [-0.2, 0) is 0 Å². The number of aliphatic hydroxyl groups excluding tert-OH is 1. The summed E-state index contributed by atoms with van der Waals surface area (Å²) in [6, 6.07) is 0. The Bertz CT molecular complexity index is 209. The lowest BCUT2D eigenvalue weighted by Crippen LogP contribution is -2.49. The van der Waals surface area contributed by atoms with Crippen molar-refractivity contribution in [3.05, 3.63) is 0 Å². The monoisotopic (exact) mass is 209 g/mol. The van der Waals surface area contributed by atoms with Crippen molar-refractivity contribution in [2.24, 2.45) is 41.2 Å². The lowest BCUT2D eigenvalue weighted by molar-refractivity contribution is -0.0687. The molecule has 2 heteroatoms. The van der Waals surface area contributed by atoms with Gasteiger partial charge in [0.2, 0.25) is 0 Å². The molecule has 4 rings (SSSR count). The Hall–Kier alpha value is -0.0800. The third kappa shape index (κ3) is 1.53. The minimum absolute atomic E-state index is 0.309. The van der Waals surface area contributed by atoms with E-state index in [1.165, 1.54) is 32.1 Å². The van der Waals surface area contributed by atoms with Crippen LogP contribution in [0.5, 0.6) is 0 Å². The van der Waals surface area contributed by atoms with Gasteiger partial charge >= 0.3 is 0 Å². The molecule has 3 N–H and O–H groups in total. The summed E-state index contributed by atoms with van der Waals surface area (Å²) in [4.78, 5) is 0. The fourth-order valence-electron chi connectivity index (χ4n) is 5.09. The van der Waals surface area contributed by atoms with Gasteiger partial charge in [-0.05, 0) is 74.2 Å². The zero-order valence-corrected chi connectivity index (χ0v) is 9.44. The fraction of sp³-hybridized carbons (Fsp3) is 1.00. The molecule has 0 saturated heterocycles. The highest BCUT2D eigenvalue weighted by Gasteiger charge is 2.49. The molecule has 0 aromatic rings. The van der Waals surface area contributed by atoms with Crippen LogP contribution in [0.25, 0.3) is 0 Å². The lowest BCUT2D eigenvalue weighted by atomic mass is 9.49. The molecule has 4 fully saturated rings. The van der Waals surface area contributed by atoms with Gasteiger partial charge in [-0.3, -0.25) is 0 Å². The molecule has 0 aromatic heterocycles. The molecule has 0 amide bonds. The SMILES string of the molecule is NCC(CO)C1C2CC3CC(C2)CC1C3. The quantitative estimate of drug-likeness (QED) is 0.742. The molecule has 1 unspecified atom stereocenters. The maximum atomic E-state index is 9.43. The molecule has 4 aliphatic rings. The van der Waals surface area contributed by atoms with Crippen LogP contribution in [0.3, 0.4) is 0 Å². The summed E-state index contributed by atoms with van der Waals surface area (Å²) in [6.07, 6.45) is 7.26. The highest BCUT2D eigenvalue weighted by Crippen LogP contribution is 2.58. The van der Waals surface area contributed by atoms with Crippen molar-refractivity contribution >= 4 is 0 Å². The van der Waals surface area contributed by atoms with Gasteiger partial charge in [0.1, 0.15) is 0 Å². The Kier molecular flexibility index (Phi) is 2.52. The molecule has 4 aliphatic carbocycles. The summed E-state index contributed by atoms with van der Waals surface area (Å²) in [5.41, 5.74) is 5.80. The minimum Gasteiger partial charge on any atom is -0.396 e. The van der Waals surface area contributed by atoms with E-state index >= 15 is 0 Å². The number of aliphatic hydroxyl groups is 1. The van der Waals surface area contributed by atoms with E-state index in [4.69, 9.17) is 5.73 Å². The Labute approximate surface area is 92.2 Å². The van der Waals surface area contributed by atoms with Crippen molar-refractivity contribution in [2.45, 2.75) is 32.1 Å². The third-order valence-electron chi connectivity index (χ3n) is 5.38. The van der Waals surface area contributed by atoms with Gasteiger partial charge in [-0.25, -0.2) is 0 Å². The van der Waals surface area contributed by atoms with Gasteiger partial charge in [0.25, 0.3) is 0 Å². The average molecular weight is 209 g/mol. The Morgan fingerprint density at radius 3 is 1.93 bits per heavy atom. The molecule has 4 saturated carbocycles. The van der Waals surface area contributed by atoms with Crippen LogP contribution < -0.4 is 5.73 Å². The molecular weight excluding hydrogens is 186 g/mol. The van der Waals surface area contributed by atoms with Crippen molar-refractivity contribution in [1.29, 1.82) is 0 Å². The first-order valence-electron chi connectivity index (χ1n) is 6.62. The molecule has 0 aliphatic heterocycles. The van der Waals surface area contributed by atoms with Crippen molar-refractivity contribution in [3.8, 4) is 0 Å². The molecule has 0 aromatic carbocycles. The van der Waals surface area contributed by atoms with Gasteiger partial charge in [0, 0.05) is 6.61 Å². The van der Waals surface area contributed by atoms with Crippen molar-refractivity contribution in [3.63, 3.8) is 0 Å². The van der Waals surface area contributed by atoms with E-state index in [0.29, 0.717) is 19.1 Å². The van der Waals surface area contributed by atoms with E-state index < -0.39 is 0 Å². The van der Waals surface area contributed by atoms with Crippen molar-refractivity contribution in [1.82, 2.24) is 0 Å².